The zero-order valence-corrected chi connectivity index (χ0v) is 18.6. The fourth-order valence-corrected chi connectivity index (χ4v) is 4.73. The van der Waals surface area contributed by atoms with E-state index >= 15 is 0 Å². The molecule has 3 rings (SSSR count). The van der Waals surface area contributed by atoms with E-state index in [0.717, 1.165) is 50.8 Å². The van der Waals surface area contributed by atoms with E-state index in [1.165, 1.54) is 10.4 Å². The molecule has 2 unspecified atom stereocenters. The minimum atomic E-state index is -0.913. The van der Waals surface area contributed by atoms with Crippen molar-refractivity contribution in [2.45, 2.75) is 50.9 Å². The molecule has 3 atom stereocenters. The van der Waals surface area contributed by atoms with E-state index in [9.17, 15) is 4.79 Å². The summed E-state index contributed by atoms with van der Waals surface area (Å²) >= 11 is 1.82. The van der Waals surface area contributed by atoms with Gasteiger partial charge in [-0.3, -0.25) is 9.69 Å². The molecular weight excluding hydrogens is 403 g/mol. The predicted octanol–water partition coefficient (Wildman–Crippen LogP) is 4.98. The number of rotatable bonds is 9. The lowest BCUT2D eigenvalue weighted by atomic mass is 9.86. The van der Waals surface area contributed by atoms with Crippen LogP contribution in [0.15, 0.2) is 40.8 Å². The summed E-state index contributed by atoms with van der Waals surface area (Å²) in [5.74, 6) is -0.872. The Balaban J connectivity index is 1.69. The third-order valence-electron chi connectivity index (χ3n) is 5.29. The van der Waals surface area contributed by atoms with Crippen molar-refractivity contribution < 1.29 is 9.53 Å². The Morgan fingerprint density at radius 3 is 3.00 bits per heavy atom. The number of hydrogen-bond acceptors (Lipinski definition) is 5. The quantitative estimate of drug-likeness (QED) is 0.141. The van der Waals surface area contributed by atoms with E-state index in [1.807, 2.05) is 23.5 Å². The van der Waals surface area contributed by atoms with Gasteiger partial charge in [0.25, 0.3) is 0 Å². The van der Waals surface area contributed by atoms with Gasteiger partial charge in [-0.05, 0) is 72.8 Å². The molecule has 8 heteroatoms. The van der Waals surface area contributed by atoms with Gasteiger partial charge in [-0.1, -0.05) is 30.2 Å². The molecule has 154 valence electrons. The first-order valence-electron chi connectivity index (χ1n) is 10.0. The molecule has 0 saturated carbocycles. The summed E-state index contributed by atoms with van der Waals surface area (Å²) in [5, 5.41) is 5.53. The average molecular weight is 431 g/mol. The molecule has 0 fully saturated rings. The summed E-state index contributed by atoms with van der Waals surface area (Å²) in [4.78, 5) is 18.8. The van der Waals surface area contributed by atoms with Gasteiger partial charge in [0.2, 0.25) is 0 Å². The van der Waals surface area contributed by atoms with Crippen molar-refractivity contribution in [3.8, 4) is 5.75 Å². The van der Waals surface area contributed by atoms with Gasteiger partial charge in [-0.25, -0.2) is 0 Å². The van der Waals surface area contributed by atoms with E-state index in [4.69, 9.17) is 10.3 Å². The second-order valence-electron chi connectivity index (χ2n) is 7.23. The Hall–Kier alpha value is -1.91. The number of carbonyl (C=O) groups is 1. The number of benzene rings is 1. The maximum atomic E-state index is 12.1. The molecule has 1 aliphatic rings. The molecule has 0 radical (unpaired) electrons. The molecule has 0 N–H and O–H groups in total. The molecule has 29 heavy (non-hydrogen) atoms. The first-order chi connectivity index (χ1) is 14.1. The highest BCUT2D eigenvalue weighted by atomic mass is 32.1. The highest BCUT2D eigenvalue weighted by Crippen LogP contribution is 2.32. The number of esters is 1. The van der Waals surface area contributed by atoms with Crippen molar-refractivity contribution in [2.24, 2.45) is 5.11 Å². The van der Waals surface area contributed by atoms with Crippen molar-refractivity contribution in [1.82, 2.24) is 4.90 Å². The Bertz CT molecular complexity index is 868. The van der Waals surface area contributed by atoms with Gasteiger partial charge in [-0.15, -0.1) is 20.6 Å². The molecule has 1 heterocycles. The SMILES string of the molecule is CCCN(CCc1cccs1)[C@H]1CCc2c(cccc2OC(=O)C(P)N=[N+]=[N-])C1. The Kier molecular flexibility index (Phi) is 8.08. The van der Waals surface area contributed by atoms with Crippen molar-refractivity contribution >= 4 is 26.5 Å². The second-order valence-corrected chi connectivity index (χ2v) is 8.89. The number of carbonyl (C=O) groups excluding carboxylic acids is 1. The Morgan fingerprint density at radius 2 is 2.28 bits per heavy atom. The van der Waals surface area contributed by atoms with E-state index in [-0.39, 0.29) is 0 Å². The zero-order chi connectivity index (χ0) is 20.6. The van der Waals surface area contributed by atoms with Crippen LogP contribution in [-0.4, -0.2) is 35.8 Å². The topological polar surface area (TPSA) is 78.3 Å². The van der Waals surface area contributed by atoms with Crippen LogP contribution in [0.4, 0.5) is 0 Å². The second kappa shape index (κ2) is 10.7. The van der Waals surface area contributed by atoms with Gasteiger partial charge < -0.3 is 4.74 Å². The molecule has 0 saturated heterocycles. The first-order valence-corrected chi connectivity index (χ1v) is 11.6. The highest BCUT2D eigenvalue weighted by molar-refractivity contribution is 7.19. The lowest BCUT2D eigenvalue weighted by molar-refractivity contribution is -0.133. The molecule has 0 spiro atoms. The Morgan fingerprint density at radius 1 is 1.41 bits per heavy atom. The number of hydrogen-bond donors (Lipinski definition) is 0. The zero-order valence-electron chi connectivity index (χ0n) is 16.7. The van der Waals surface area contributed by atoms with Gasteiger partial charge >= 0.3 is 5.97 Å². The van der Waals surface area contributed by atoms with Crippen LogP contribution in [-0.2, 0) is 24.1 Å². The number of nitrogens with zero attached hydrogens (tertiary/aromatic N) is 4. The maximum Gasteiger partial charge on any atom is 0.324 e. The largest absolute Gasteiger partial charge is 0.426 e. The first kappa shape index (κ1) is 21.8. The molecule has 1 aromatic carbocycles. The lowest BCUT2D eigenvalue weighted by Gasteiger charge is -2.35. The summed E-state index contributed by atoms with van der Waals surface area (Å²) in [7, 11) is 2.21. The van der Waals surface area contributed by atoms with Crippen molar-refractivity contribution in [1.29, 1.82) is 0 Å². The number of thiophene rings is 1. The van der Waals surface area contributed by atoms with Crippen molar-refractivity contribution in [3.63, 3.8) is 0 Å². The smallest absolute Gasteiger partial charge is 0.324 e. The van der Waals surface area contributed by atoms with Gasteiger partial charge in [0.15, 0.2) is 0 Å². The van der Waals surface area contributed by atoms with Crippen molar-refractivity contribution in [3.05, 3.63) is 62.2 Å². The summed E-state index contributed by atoms with van der Waals surface area (Å²) in [6.45, 7) is 4.40. The molecule has 0 amide bonds. The average Bonchev–Trinajstić information content (AvgIpc) is 3.24. The molecule has 0 aliphatic heterocycles. The standard InChI is InChI=1S/C21H27N4O2PS/c1-2-11-25(12-10-17-6-4-13-29-17)16-8-9-18-15(14-16)5-3-7-19(18)27-21(26)20(28)23-24-22/h3-7,13,16,20H,2,8-12,14,28H2,1H3/t16-,20?/m0/s1. The lowest BCUT2D eigenvalue weighted by Crippen LogP contribution is -2.41. The van der Waals surface area contributed by atoms with Gasteiger partial charge in [-0.2, -0.15) is 0 Å². The monoisotopic (exact) mass is 430 g/mol. The fraction of sp³-hybridized carbons (Fsp3) is 0.476. The van der Waals surface area contributed by atoms with Crippen LogP contribution in [0.25, 0.3) is 10.4 Å². The molecule has 2 aromatic rings. The summed E-state index contributed by atoms with van der Waals surface area (Å²) in [5.41, 5.74) is 10.9. The number of azide groups is 1. The normalized spacial score (nSPS) is 16.7. The molecule has 6 nitrogen and oxygen atoms in total. The van der Waals surface area contributed by atoms with E-state index < -0.39 is 11.8 Å². The molecular formula is C21H27N4O2PS. The van der Waals surface area contributed by atoms with Crippen LogP contribution in [0.5, 0.6) is 5.75 Å². The molecule has 0 bridgehead atoms. The van der Waals surface area contributed by atoms with E-state index in [1.54, 1.807) is 0 Å². The van der Waals surface area contributed by atoms with Crippen LogP contribution in [0.1, 0.15) is 35.8 Å². The van der Waals surface area contributed by atoms with Gasteiger partial charge in [0, 0.05) is 22.4 Å². The fourth-order valence-electron chi connectivity index (χ4n) is 3.90. The van der Waals surface area contributed by atoms with E-state index in [0.29, 0.717) is 11.8 Å². The third-order valence-corrected chi connectivity index (χ3v) is 6.64. The summed E-state index contributed by atoms with van der Waals surface area (Å²) in [6, 6.07) is 10.7. The summed E-state index contributed by atoms with van der Waals surface area (Å²) < 4.78 is 5.53. The maximum absolute atomic E-state index is 12.1. The third kappa shape index (κ3) is 5.80. The van der Waals surface area contributed by atoms with Crippen LogP contribution in [0, 0.1) is 0 Å². The van der Waals surface area contributed by atoms with Gasteiger partial charge in [0.1, 0.15) is 11.5 Å². The van der Waals surface area contributed by atoms with Crippen LogP contribution in [0.2, 0.25) is 0 Å². The minimum Gasteiger partial charge on any atom is -0.426 e. The van der Waals surface area contributed by atoms with Crippen LogP contribution >= 0.6 is 20.6 Å². The number of ether oxygens (including phenoxy) is 1. The van der Waals surface area contributed by atoms with Gasteiger partial charge in [0.05, 0.1) is 0 Å². The number of fused-ring (bicyclic) bond motifs is 1. The van der Waals surface area contributed by atoms with Crippen LogP contribution in [0.3, 0.4) is 0 Å². The molecule has 1 aromatic heterocycles. The van der Waals surface area contributed by atoms with Crippen molar-refractivity contribution in [2.75, 3.05) is 13.1 Å². The van der Waals surface area contributed by atoms with Crippen LogP contribution < -0.4 is 4.74 Å². The minimum absolute atomic E-state index is 0.506. The molecule has 1 aliphatic carbocycles. The summed E-state index contributed by atoms with van der Waals surface area (Å²) in [6.07, 6.45) is 5.12. The Labute approximate surface area is 178 Å². The predicted molar refractivity (Wildman–Crippen MR) is 120 cm³/mol. The van der Waals surface area contributed by atoms with E-state index in [2.05, 4.69) is 54.7 Å². The highest BCUT2D eigenvalue weighted by Gasteiger charge is 2.26.